The monoisotopic (exact) mass is 392 g/mol. The number of nitrogens with one attached hydrogen (secondary N) is 1. The van der Waals surface area contributed by atoms with E-state index in [4.69, 9.17) is 0 Å². The molecule has 4 rings (SSSR count). The van der Waals surface area contributed by atoms with Gasteiger partial charge in [-0.1, -0.05) is 30.3 Å². The Morgan fingerprint density at radius 1 is 1.10 bits per heavy atom. The van der Waals surface area contributed by atoms with Crippen LogP contribution in [0.4, 0.5) is 4.39 Å². The Hall–Kier alpha value is -2.99. The SMILES string of the molecule is Cc1c(C(=O)NC2CCN(Cc3ccccc3)CC2)cnn1-c1ccc(F)cc1. The van der Waals surface area contributed by atoms with E-state index in [0.29, 0.717) is 5.56 Å². The predicted molar refractivity (Wildman–Crippen MR) is 110 cm³/mol. The lowest BCUT2D eigenvalue weighted by molar-refractivity contribution is 0.0908. The molecule has 3 aromatic rings. The second-order valence-electron chi connectivity index (χ2n) is 7.54. The Morgan fingerprint density at radius 2 is 1.79 bits per heavy atom. The summed E-state index contributed by atoms with van der Waals surface area (Å²) in [5.74, 6) is -0.396. The van der Waals surface area contributed by atoms with Gasteiger partial charge in [-0.05, 0) is 49.6 Å². The highest BCUT2D eigenvalue weighted by Gasteiger charge is 2.23. The summed E-state index contributed by atoms with van der Waals surface area (Å²) in [5.41, 5.74) is 3.35. The number of carbonyl (C=O) groups excluding carboxylic acids is 1. The second kappa shape index (κ2) is 8.57. The van der Waals surface area contributed by atoms with Gasteiger partial charge in [0.15, 0.2) is 0 Å². The van der Waals surface area contributed by atoms with Crippen molar-refractivity contribution in [2.24, 2.45) is 0 Å². The molecule has 29 heavy (non-hydrogen) atoms. The van der Waals surface area contributed by atoms with Gasteiger partial charge in [0.2, 0.25) is 0 Å². The summed E-state index contributed by atoms with van der Waals surface area (Å²) < 4.78 is 14.8. The topological polar surface area (TPSA) is 50.2 Å². The maximum Gasteiger partial charge on any atom is 0.254 e. The van der Waals surface area contributed by atoms with Gasteiger partial charge in [0.1, 0.15) is 5.82 Å². The zero-order valence-corrected chi connectivity index (χ0v) is 16.5. The van der Waals surface area contributed by atoms with E-state index in [1.54, 1.807) is 23.0 Å². The molecule has 0 aliphatic carbocycles. The van der Waals surface area contributed by atoms with Crippen molar-refractivity contribution in [1.29, 1.82) is 0 Å². The second-order valence-corrected chi connectivity index (χ2v) is 7.54. The predicted octanol–water partition coefficient (Wildman–Crippen LogP) is 3.71. The van der Waals surface area contributed by atoms with Crippen LogP contribution in [0, 0.1) is 12.7 Å². The van der Waals surface area contributed by atoms with E-state index < -0.39 is 0 Å². The maximum atomic E-state index is 13.1. The fourth-order valence-corrected chi connectivity index (χ4v) is 3.82. The van der Waals surface area contributed by atoms with E-state index in [-0.39, 0.29) is 17.8 Å². The Morgan fingerprint density at radius 3 is 2.48 bits per heavy atom. The molecule has 1 N–H and O–H groups in total. The van der Waals surface area contributed by atoms with Gasteiger partial charge in [0.05, 0.1) is 23.1 Å². The number of aromatic nitrogens is 2. The summed E-state index contributed by atoms with van der Waals surface area (Å²) in [7, 11) is 0. The van der Waals surface area contributed by atoms with Gasteiger partial charge in [-0.25, -0.2) is 9.07 Å². The van der Waals surface area contributed by atoms with Gasteiger partial charge >= 0.3 is 0 Å². The Balaban J connectivity index is 1.34. The van der Waals surface area contributed by atoms with Crippen molar-refractivity contribution in [2.45, 2.75) is 32.4 Å². The molecule has 5 nitrogen and oxygen atoms in total. The molecule has 1 saturated heterocycles. The summed E-state index contributed by atoms with van der Waals surface area (Å²) in [6.45, 7) is 4.74. The van der Waals surface area contributed by atoms with Gasteiger partial charge in [-0.15, -0.1) is 0 Å². The number of carbonyl (C=O) groups is 1. The molecule has 0 radical (unpaired) electrons. The maximum absolute atomic E-state index is 13.1. The number of hydrogen-bond acceptors (Lipinski definition) is 3. The smallest absolute Gasteiger partial charge is 0.254 e. The summed E-state index contributed by atoms with van der Waals surface area (Å²) in [4.78, 5) is 15.2. The molecule has 1 aromatic heterocycles. The minimum atomic E-state index is -0.296. The van der Waals surface area contributed by atoms with E-state index in [1.807, 2.05) is 13.0 Å². The number of piperidine rings is 1. The van der Waals surface area contributed by atoms with Crippen molar-refractivity contribution in [3.63, 3.8) is 0 Å². The van der Waals surface area contributed by atoms with Crippen molar-refractivity contribution in [3.05, 3.63) is 83.4 Å². The molecule has 6 heteroatoms. The van der Waals surface area contributed by atoms with Crippen molar-refractivity contribution >= 4 is 5.91 Å². The summed E-state index contributed by atoms with van der Waals surface area (Å²) in [6.07, 6.45) is 3.45. The summed E-state index contributed by atoms with van der Waals surface area (Å²) in [6, 6.07) is 16.7. The largest absolute Gasteiger partial charge is 0.349 e. The van der Waals surface area contributed by atoms with Gasteiger partial charge < -0.3 is 5.32 Å². The molecule has 1 aliphatic rings. The minimum absolute atomic E-state index is 0.0997. The van der Waals surface area contributed by atoms with Crippen molar-refractivity contribution in [2.75, 3.05) is 13.1 Å². The first-order valence-corrected chi connectivity index (χ1v) is 9.98. The molecule has 2 aromatic carbocycles. The highest BCUT2D eigenvalue weighted by atomic mass is 19.1. The van der Waals surface area contributed by atoms with Crippen LogP contribution in [-0.4, -0.2) is 39.7 Å². The molecule has 0 unspecified atom stereocenters. The number of nitrogens with zero attached hydrogens (tertiary/aromatic N) is 3. The van der Waals surface area contributed by atoms with E-state index in [0.717, 1.165) is 43.9 Å². The van der Waals surface area contributed by atoms with Crippen LogP contribution in [0.2, 0.25) is 0 Å². The molecule has 1 amide bonds. The van der Waals surface area contributed by atoms with Crippen LogP contribution in [0.15, 0.2) is 60.8 Å². The molecule has 1 aliphatic heterocycles. The van der Waals surface area contributed by atoms with Crippen LogP contribution >= 0.6 is 0 Å². The summed E-state index contributed by atoms with van der Waals surface area (Å²) in [5, 5.41) is 7.47. The van der Waals surface area contributed by atoms with E-state index in [9.17, 15) is 9.18 Å². The van der Waals surface area contributed by atoms with Crippen molar-refractivity contribution < 1.29 is 9.18 Å². The third-order valence-electron chi connectivity index (χ3n) is 5.50. The normalized spacial score (nSPS) is 15.4. The molecular formula is C23H25FN4O. The quantitative estimate of drug-likeness (QED) is 0.720. The molecule has 0 saturated carbocycles. The van der Waals surface area contributed by atoms with Crippen LogP contribution < -0.4 is 5.32 Å². The number of rotatable bonds is 5. The fraction of sp³-hybridized carbons (Fsp3) is 0.304. The first-order valence-electron chi connectivity index (χ1n) is 9.98. The van der Waals surface area contributed by atoms with Crippen LogP contribution in [0.5, 0.6) is 0 Å². The van der Waals surface area contributed by atoms with Gasteiger partial charge in [0, 0.05) is 25.7 Å². The third kappa shape index (κ3) is 4.54. The fourth-order valence-electron chi connectivity index (χ4n) is 3.82. The standard InChI is InChI=1S/C23H25FN4O/c1-17-22(15-25-28(17)21-9-7-19(24)8-10-21)23(29)26-20-11-13-27(14-12-20)16-18-5-3-2-4-6-18/h2-10,15,20H,11-14,16H2,1H3,(H,26,29). The number of likely N-dealkylation sites (tertiary alicyclic amines) is 1. The molecule has 0 bridgehead atoms. The van der Waals surface area contributed by atoms with E-state index in [2.05, 4.69) is 39.6 Å². The van der Waals surface area contributed by atoms with Crippen LogP contribution in [-0.2, 0) is 6.54 Å². The Kier molecular flexibility index (Phi) is 5.71. The average molecular weight is 392 g/mol. The number of halogens is 1. The first-order chi connectivity index (χ1) is 14.1. The number of benzene rings is 2. The highest BCUT2D eigenvalue weighted by Crippen LogP contribution is 2.17. The average Bonchev–Trinajstić information content (AvgIpc) is 3.12. The Bertz CT molecular complexity index is 960. The lowest BCUT2D eigenvalue weighted by atomic mass is 10.0. The molecule has 0 spiro atoms. The van der Waals surface area contributed by atoms with Crippen LogP contribution in [0.25, 0.3) is 5.69 Å². The molecule has 1 fully saturated rings. The summed E-state index contributed by atoms with van der Waals surface area (Å²) >= 11 is 0. The van der Waals surface area contributed by atoms with Crippen LogP contribution in [0.3, 0.4) is 0 Å². The molecule has 0 atom stereocenters. The molecular weight excluding hydrogens is 367 g/mol. The number of amides is 1. The van der Waals surface area contributed by atoms with E-state index >= 15 is 0 Å². The number of hydrogen-bond donors (Lipinski definition) is 1. The first kappa shape index (κ1) is 19.3. The highest BCUT2D eigenvalue weighted by molar-refractivity contribution is 5.95. The van der Waals surface area contributed by atoms with Gasteiger partial charge in [-0.2, -0.15) is 5.10 Å². The zero-order valence-electron chi connectivity index (χ0n) is 16.5. The molecule has 150 valence electrons. The Labute approximate surface area is 170 Å². The molecule has 2 heterocycles. The lowest BCUT2D eigenvalue weighted by Crippen LogP contribution is -2.44. The minimum Gasteiger partial charge on any atom is -0.349 e. The lowest BCUT2D eigenvalue weighted by Gasteiger charge is -2.32. The van der Waals surface area contributed by atoms with Crippen molar-refractivity contribution in [1.82, 2.24) is 20.0 Å². The van der Waals surface area contributed by atoms with Gasteiger partial charge in [-0.3, -0.25) is 9.69 Å². The van der Waals surface area contributed by atoms with E-state index in [1.165, 1.54) is 17.7 Å². The van der Waals surface area contributed by atoms with Gasteiger partial charge in [0.25, 0.3) is 5.91 Å². The van der Waals surface area contributed by atoms with Crippen molar-refractivity contribution in [3.8, 4) is 5.69 Å². The third-order valence-corrected chi connectivity index (χ3v) is 5.50. The zero-order chi connectivity index (χ0) is 20.2. The van der Waals surface area contributed by atoms with Crippen LogP contribution in [0.1, 0.15) is 34.5 Å².